The fourth-order valence-corrected chi connectivity index (χ4v) is 2.67. The lowest BCUT2D eigenvalue weighted by atomic mass is 9.96. The van der Waals surface area contributed by atoms with Crippen LogP contribution < -0.4 is 10.9 Å². The molecule has 2 rings (SSSR count). The maximum atomic E-state index is 11.6. The summed E-state index contributed by atoms with van der Waals surface area (Å²) < 4.78 is 0. The summed E-state index contributed by atoms with van der Waals surface area (Å²) in [7, 11) is 0. The third-order valence-electron chi connectivity index (χ3n) is 4.15. The highest BCUT2D eigenvalue weighted by atomic mass is 16.2. The normalized spacial score (nSPS) is 23.7. The van der Waals surface area contributed by atoms with Gasteiger partial charge in [0.2, 0.25) is 11.8 Å². The van der Waals surface area contributed by atoms with Crippen molar-refractivity contribution in [1.29, 1.82) is 0 Å². The summed E-state index contributed by atoms with van der Waals surface area (Å²) in [4.78, 5) is 23.3. The molecular formula is C18H26N4O2. The molecule has 6 heteroatoms. The molecule has 130 valence electrons. The zero-order valence-corrected chi connectivity index (χ0v) is 14.0. The van der Waals surface area contributed by atoms with Crippen molar-refractivity contribution in [3.8, 4) is 0 Å². The molecule has 0 aliphatic heterocycles. The van der Waals surface area contributed by atoms with Gasteiger partial charge in [0.05, 0.1) is 0 Å². The molecule has 0 saturated carbocycles. The molecule has 0 fully saturated rings. The van der Waals surface area contributed by atoms with Crippen molar-refractivity contribution in [3.63, 3.8) is 0 Å². The lowest BCUT2D eigenvalue weighted by Crippen LogP contribution is -2.23. The van der Waals surface area contributed by atoms with Gasteiger partial charge in [-0.05, 0) is 50.4 Å². The predicted molar refractivity (Wildman–Crippen MR) is 95.5 cm³/mol. The fourth-order valence-electron chi connectivity index (χ4n) is 2.67. The van der Waals surface area contributed by atoms with Gasteiger partial charge >= 0.3 is 0 Å². The van der Waals surface area contributed by atoms with E-state index in [0.717, 1.165) is 38.5 Å². The molecule has 2 unspecified atom stereocenters. The molecule has 24 heavy (non-hydrogen) atoms. The van der Waals surface area contributed by atoms with E-state index in [4.69, 9.17) is 0 Å². The Balaban J connectivity index is 1.56. The van der Waals surface area contributed by atoms with Crippen molar-refractivity contribution in [3.05, 3.63) is 24.3 Å². The highest BCUT2D eigenvalue weighted by molar-refractivity contribution is 5.84. The third kappa shape index (κ3) is 7.35. The molecule has 0 spiro atoms. The van der Waals surface area contributed by atoms with Crippen LogP contribution in [-0.4, -0.2) is 24.2 Å². The summed E-state index contributed by atoms with van der Waals surface area (Å²) in [5.41, 5.74) is 4.95. The van der Waals surface area contributed by atoms with E-state index in [-0.39, 0.29) is 24.7 Å². The minimum Gasteiger partial charge on any atom is -0.273 e. The number of allylic oxidation sites excluding steroid dienone is 4. The molecular weight excluding hydrogens is 304 g/mol. The molecule has 0 aromatic rings. The van der Waals surface area contributed by atoms with Gasteiger partial charge in [-0.25, -0.2) is 10.9 Å². The zero-order chi connectivity index (χ0) is 17.0. The highest BCUT2D eigenvalue weighted by Crippen LogP contribution is 2.16. The molecule has 2 aliphatic rings. The monoisotopic (exact) mass is 330 g/mol. The molecule has 0 saturated heterocycles. The van der Waals surface area contributed by atoms with Gasteiger partial charge < -0.3 is 0 Å². The van der Waals surface area contributed by atoms with Crippen molar-refractivity contribution in [2.75, 3.05) is 0 Å². The Labute approximate surface area is 143 Å². The number of hydrogen-bond donors (Lipinski definition) is 2. The summed E-state index contributed by atoms with van der Waals surface area (Å²) >= 11 is 0. The van der Waals surface area contributed by atoms with Crippen LogP contribution in [0.15, 0.2) is 34.5 Å². The van der Waals surface area contributed by atoms with Crippen LogP contribution in [0.25, 0.3) is 0 Å². The van der Waals surface area contributed by atoms with Crippen LogP contribution >= 0.6 is 0 Å². The maximum absolute atomic E-state index is 11.6. The first-order valence-corrected chi connectivity index (χ1v) is 8.68. The zero-order valence-electron chi connectivity index (χ0n) is 14.0. The molecule has 0 aromatic heterocycles. The largest absolute Gasteiger partial charge is 0.273 e. The van der Waals surface area contributed by atoms with Crippen molar-refractivity contribution < 1.29 is 9.59 Å². The number of hydrazone groups is 2. The topological polar surface area (TPSA) is 82.9 Å². The van der Waals surface area contributed by atoms with E-state index in [1.54, 1.807) is 12.4 Å². The van der Waals surface area contributed by atoms with Gasteiger partial charge in [0, 0.05) is 25.3 Å². The fraction of sp³-hybridized carbons (Fsp3) is 0.556. The van der Waals surface area contributed by atoms with Crippen LogP contribution in [0.2, 0.25) is 0 Å². The molecule has 0 bridgehead atoms. The number of nitrogens with zero attached hydrogens (tertiary/aromatic N) is 2. The van der Waals surface area contributed by atoms with Crippen LogP contribution in [0, 0.1) is 11.8 Å². The predicted octanol–water partition coefficient (Wildman–Crippen LogP) is 2.68. The van der Waals surface area contributed by atoms with E-state index in [1.807, 2.05) is 0 Å². The van der Waals surface area contributed by atoms with Gasteiger partial charge in [-0.15, -0.1) is 0 Å². The first-order chi connectivity index (χ1) is 11.7. The molecule has 2 atom stereocenters. The summed E-state index contributed by atoms with van der Waals surface area (Å²) in [6.45, 7) is 0. The highest BCUT2D eigenvalue weighted by Gasteiger charge is 2.09. The van der Waals surface area contributed by atoms with Crippen LogP contribution in [0.1, 0.15) is 51.4 Å². The average Bonchev–Trinajstić information content (AvgIpc) is 2.62. The minimum atomic E-state index is -0.255. The maximum Gasteiger partial charge on any atom is 0.240 e. The van der Waals surface area contributed by atoms with Crippen molar-refractivity contribution in [2.45, 2.75) is 51.4 Å². The van der Waals surface area contributed by atoms with Crippen LogP contribution in [0.4, 0.5) is 0 Å². The van der Waals surface area contributed by atoms with E-state index >= 15 is 0 Å². The first kappa shape index (κ1) is 18.1. The number of nitrogens with one attached hydrogen (secondary N) is 2. The Kier molecular flexibility index (Phi) is 7.93. The first-order valence-electron chi connectivity index (χ1n) is 8.68. The second-order valence-electron chi connectivity index (χ2n) is 6.22. The van der Waals surface area contributed by atoms with Crippen LogP contribution in [-0.2, 0) is 9.59 Å². The van der Waals surface area contributed by atoms with E-state index in [2.05, 4.69) is 45.4 Å². The van der Waals surface area contributed by atoms with Gasteiger partial charge in [0.15, 0.2) is 0 Å². The Morgan fingerprint density at radius 1 is 0.833 bits per heavy atom. The van der Waals surface area contributed by atoms with E-state index in [1.165, 1.54) is 0 Å². The van der Waals surface area contributed by atoms with Crippen molar-refractivity contribution in [1.82, 2.24) is 10.9 Å². The molecule has 6 nitrogen and oxygen atoms in total. The van der Waals surface area contributed by atoms with Gasteiger partial charge in [0.1, 0.15) is 0 Å². The standard InChI is InChI=1S/C18H26N4O2/c23-17(21-19-13-15-7-3-1-4-8-15)11-12-18(24)22-20-14-16-9-5-2-6-10-16/h1-3,5,13-16H,4,6-12H2,(H,21,23)(H,22,24)/b19-13+,20-14+. The summed E-state index contributed by atoms with van der Waals surface area (Å²) in [6.07, 6.45) is 18.6. The summed E-state index contributed by atoms with van der Waals surface area (Å²) in [5.74, 6) is 0.272. The lowest BCUT2D eigenvalue weighted by molar-refractivity contribution is -0.126. The molecule has 2 aliphatic carbocycles. The second-order valence-corrected chi connectivity index (χ2v) is 6.22. The smallest absolute Gasteiger partial charge is 0.240 e. The number of hydrogen-bond acceptors (Lipinski definition) is 4. The van der Waals surface area contributed by atoms with E-state index in [9.17, 15) is 9.59 Å². The SMILES string of the molecule is O=C(CCC(=O)N/N=C/C1CC=CCC1)N/N=C/C1CC=CCC1. The van der Waals surface area contributed by atoms with Gasteiger partial charge in [-0.1, -0.05) is 24.3 Å². The quantitative estimate of drug-likeness (QED) is 0.427. The number of carbonyl (C=O) groups is 2. The summed E-state index contributed by atoms with van der Waals surface area (Å²) in [6, 6.07) is 0. The van der Waals surface area contributed by atoms with Crippen molar-refractivity contribution in [2.24, 2.45) is 22.0 Å². The van der Waals surface area contributed by atoms with Gasteiger partial charge in [-0.2, -0.15) is 10.2 Å². The van der Waals surface area contributed by atoms with Gasteiger partial charge in [0.25, 0.3) is 0 Å². The van der Waals surface area contributed by atoms with E-state index < -0.39 is 0 Å². The van der Waals surface area contributed by atoms with Crippen molar-refractivity contribution >= 4 is 24.2 Å². The Hall–Kier alpha value is -2.24. The Morgan fingerprint density at radius 3 is 1.67 bits per heavy atom. The van der Waals surface area contributed by atoms with Crippen LogP contribution in [0.5, 0.6) is 0 Å². The Morgan fingerprint density at radius 2 is 1.29 bits per heavy atom. The Bertz CT molecular complexity index is 489. The third-order valence-corrected chi connectivity index (χ3v) is 4.15. The molecule has 0 radical (unpaired) electrons. The molecule has 0 heterocycles. The van der Waals surface area contributed by atoms with Gasteiger partial charge in [-0.3, -0.25) is 9.59 Å². The number of rotatable bonds is 7. The lowest BCUT2D eigenvalue weighted by Gasteiger charge is -2.12. The number of carbonyl (C=O) groups excluding carboxylic acids is 2. The molecule has 0 aromatic carbocycles. The van der Waals surface area contributed by atoms with Crippen LogP contribution in [0.3, 0.4) is 0 Å². The molecule has 2 N–H and O–H groups in total. The minimum absolute atomic E-state index is 0.107. The molecule has 2 amide bonds. The summed E-state index contributed by atoms with van der Waals surface area (Å²) in [5, 5.41) is 7.94. The average molecular weight is 330 g/mol. The number of amides is 2. The second kappa shape index (κ2) is 10.5. The van der Waals surface area contributed by atoms with E-state index in [0.29, 0.717) is 11.8 Å².